The summed E-state index contributed by atoms with van der Waals surface area (Å²) in [6.45, 7) is 5.71. The lowest BCUT2D eigenvalue weighted by molar-refractivity contribution is -0.131. The summed E-state index contributed by atoms with van der Waals surface area (Å²) in [4.78, 5) is 14.2. The van der Waals surface area contributed by atoms with E-state index in [2.05, 4.69) is 22.9 Å². The van der Waals surface area contributed by atoms with Crippen LogP contribution in [0.3, 0.4) is 0 Å². The summed E-state index contributed by atoms with van der Waals surface area (Å²) < 4.78 is 27.8. The Balaban J connectivity index is 1.90. The Hall–Kier alpha value is -0.0900. The summed E-state index contributed by atoms with van der Waals surface area (Å²) >= 11 is 6.20. The number of sulfonamides is 1. The van der Waals surface area contributed by atoms with E-state index in [1.54, 1.807) is 28.8 Å². The van der Waals surface area contributed by atoms with Crippen molar-refractivity contribution in [2.75, 3.05) is 31.9 Å². The zero-order valence-electron chi connectivity index (χ0n) is 13.9. The first-order chi connectivity index (χ1) is 11.4. The number of hydrogen-bond donors (Lipinski definition) is 0. The fourth-order valence-electron chi connectivity index (χ4n) is 2.45. The fourth-order valence-corrected chi connectivity index (χ4v) is 7.13. The Labute approximate surface area is 161 Å². The molecule has 1 saturated heterocycles. The van der Waals surface area contributed by atoms with E-state index in [4.69, 9.17) is 0 Å². The number of unbranched alkanes of at least 4 members (excludes halogenated alkanes) is 1. The fraction of sp³-hybridized carbons (Fsp3) is 0.667. The van der Waals surface area contributed by atoms with Gasteiger partial charge in [-0.05, 0) is 47.2 Å². The van der Waals surface area contributed by atoms with Gasteiger partial charge < -0.3 is 4.90 Å². The molecule has 0 bridgehead atoms. The number of carbonyl (C=O) groups is 1. The monoisotopic (exact) mass is 454 g/mol. The molecular formula is C15H23BrN2O3S3. The van der Waals surface area contributed by atoms with E-state index in [1.807, 2.05) is 6.92 Å². The molecule has 2 rings (SSSR count). The minimum Gasteiger partial charge on any atom is -0.339 e. The van der Waals surface area contributed by atoms with Crippen LogP contribution in [-0.2, 0) is 14.8 Å². The average molecular weight is 455 g/mol. The van der Waals surface area contributed by atoms with Crippen molar-refractivity contribution in [3.63, 3.8) is 0 Å². The summed E-state index contributed by atoms with van der Waals surface area (Å²) in [5.74, 6) is 1.11. The third-order valence-electron chi connectivity index (χ3n) is 3.91. The van der Waals surface area contributed by atoms with Gasteiger partial charge in [-0.3, -0.25) is 4.79 Å². The predicted octanol–water partition coefficient (Wildman–Crippen LogP) is 3.27. The van der Waals surface area contributed by atoms with Gasteiger partial charge in [0.2, 0.25) is 5.91 Å². The van der Waals surface area contributed by atoms with Gasteiger partial charge in [0.15, 0.2) is 0 Å². The number of amides is 1. The second kappa shape index (κ2) is 9.02. The maximum Gasteiger partial charge on any atom is 0.252 e. The lowest BCUT2D eigenvalue weighted by atomic mass is 10.3. The summed E-state index contributed by atoms with van der Waals surface area (Å²) in [5, 5.41) is -0.0621. The van der Waals surface area contributed by atoms with E-state index in [9.17, 15) is 13.2 Å². The van der Waals surface area contributed by atoms with Crippen LogP contribution >= 0.6 is 39.0 Å². The summed E-state index contributed by atoms with van der Waals surface area (Å²) in [7, 11) is -3.45. The molecule has 1 unspecified atom stereocenters. The van der Waals surface area contributed by atoms with Gasteiger partial charge in [0.1, 0.15) is 4.21 Å². The SMILES string of the molecule is CCCCSC(C)C(=O)N1CCN(S(=O)(=O)c2ccc(Br)s2)CC1. The number of thioether (sulfide) groups is 1. The Morgan fingerprint density at radius 2 is 2.00 bits per heavy atom. The second-order valence-corrected chi connectivity index (χ2v) is 11.7. The largest absolute Gasteiger partial charge is 0.339 e. The summed E-state index contributed by atoms with van der Waals surface area (Å²) in [6, 6.07) is 3.36. The minimum absolute atomic E-state index is 0.0621. The first-order valence-electron chi connectivity index (χ1n) is 8.02. The van der Waals surface area contributed by atoms with Gasteiger partial charge in [-0.1, -0.05) is 13.3 Å². The van der Waals surface area contributed by atoms with Gasteiger partial charge in [-0.25, -0.2) is 8.42 Å². The third kappa shape index (κ3) is 4.97. The molecule has 1 amide bonds. The molecule has 1 aliphatic heterocycles. The van der Waals surface area contributed by atoms with Crippen LogP contribution in [0, 0.1) is 0 Å². The van der Waals surface area contributed by atoms with Crippen LogP contribution in [0.25, 0.3) is 0 Å². The summed E-state index contributed by atoms with van der Waals surface area (Å²) in [5.41, 5.74) is 0. The van der Waals surface area contributed by atoms with Crippen LogP contribution in [0.4, 0.5) is 0 Å². The van der Waals surface area contributed by atoms with Gasteiger partial charge in [0.05, 0.1) is 9.04 Å². The zero-order chi connectivity index (χ0) is 17.7. The van der Waals surface area contributed by atoms with Crippen LogP contribution < -0.4 is 0 Å². The molecule has 1 fully saturated rings. The number of rotatable bonds is 7. The highest BCUT2D eigenvalue weighted by molar-refractivity contribution is 9.11. The van der Waals surface area contributed by atoms with Crippen LogP contribution in [0.15, 0.2) is 20.1 Å². The molecule has 1 aromatic heterocycles. The maximum atomic E-state index is 12.6. The van der Waals surface area contributed by atoms with Crippen LogP contribution in [0.5, 0.6) is 0 Å². The van der Waals surface area contributed by atoms with Gasteiger partial charge in [0.25, 0.3) is 10.0 Å². The van der Waals surface area contributed by atoms with Crippen molar-refractivity contribution in [3.8, 4) is 0 Å². The molecule has 1 atom stereocenters. The predicted molar refractivity (Wildman–Crippen MR) is 104 cm³/mol. The molecule has 0 N–H and O–H groups in total. The number of hydrogen-bond acceptors (Lipinski definition) is 5. The van der Waals surface area contributed by atoms with Crippen molar-refractivity contribution in [3.05, 3.63) is 15.9 Å². The quantitative estimate of drug-likeness (QED) is 0.593. The smallest absolute Gasteiger partial charge is 0.252 e. The first kappa shape index (κ1) is 20.2. The topological polar surface area (TPSA) is 57.7 Å². The Morgan fingerprint density at radius 3 is 2.54 bits per heavy atom. The molecule has 0 radical (unpaired) electrons. The highest BCUT2D eigenvalue weighted by atomic mass is 79.9. The van der Waals surface area contributed by atoms with Crippen molar-refractivity contribution in [2.24, 2.45) is 0 Å². The highest BCUT2D eigenvalue weighted by Gasteiger charge is 2.32. The molecule has 136 valence electrons. The van der Waals surface area contributed by atoms with Crippen LogP contribution in [0.2, 0.25) is 0 Å². The van der Waals surface area contributed by atoms with E-state index in [1.165, 1.54) is 15.6 Å². The van der Waals surface area contributed by atoms with Crippen LogP contribution in [-0.4, -0.2) is 60.7 Å². The molecule has 9 heteroatoms. The molecule has 1 aliphatic rings. The standard InChI is InChI=1S/C15H23BrN2O3S3/c1-3-4-11-22-12(2)15(19)17-7-9-18(10-8-17)24(20,21)14-6-5-13(16)23-14/h5-6,12H,3-4,7-11H2,1-2H3. The van der Waals surface area contributed by atoms with Crippen molar-refractivity contribution in [2.45, 2.75) is 36.1 Å². The van der Waals surface area contributed by atoms with E-state index in [-0.39, 0.29) is 11.2 Å². The Morgan fingerprint density at radius 1 is 1.33 bits per heavy atom. The molecular weight excluding hydrogens is 432 g/mol. The average Bonchev–Trinajstić information content (AvgIpc) is 3.01. The van der Waals surface area contributed by atoms with Gasteiger partial charge in [0, 0.05) is 26.2 Å². The number of nitrogens with zero attached hydrogens (tertiary/aromatic N) is 2. The Bertz CT molecular complexity index is 655. The molecule has 5 nitrogen and oxygen atoms in total. The molecule has 1 aromatic rings. The first-order valence-corrected chi connectivity index (χ1v) is 12.1. The van der Waals surface area contributed by atoms with E-state index in [0.717, 1.165) is 22.4 Å². The number of piperazine rings is 1. The highest BCUT2D eigenvalue weighted by Crippen LogP contribution is 2.29. The molecule has 0 aromatic carbocycles. The second-order valence-electron chi connectivity index (χ2n) is 5.65. The molecule has 2 heterocycles. The van der Waals surface area contributed by atoms with Crippen LogP contribution in [0.1, 0.15) is 26.7 Å². The van der Waals surface area contributed by atoms with Crippen molar-refractivity contribution in [1.82, 2.24) is 9.21 Å². The maximum absolute atomic E-state index is 12.6. The molecule has 0 saturated carbocycles. The normalized spacial score (nSPS) is 17.9. The number of thiophene rings is 1. The summed E-state index contributed by atoms with van der Waals surface area (Å²) in [6.07, 6.45) is 2.24. The molecule has 24 heavy (non-hydrogen) atoms. The molecule has 0 aliphatic carbocycles. The van der Waals surface area contributed by atoms with Crippen molar-refractivity contribution < 1.29 is 13.2 Å². The lowest BCUT2D eigenvalue weighted by Gasteiger charge is -2.34. The number of carbonyl (C=O) groups excluding carboxylic acids is 1. The van der Waals surface area contributed by atoms with E-state index in [0.29, 0.717) is 30.4 Å². The minimum atomic E-state index is -3.45. The van der Waals surface area contributed by atoms with Gasteiger partial charge in [-0.15, -0.1) is 23.1 Å². The van der Waals surface area contributed by atoms with Gasteiger partial charge in [-0.2, -0.15) is 4.31 Å². The van der Waals surface area contributed by atoms with Crippen molar-refractivity contribution in [1.29, 1.82) is 0 Å². The molecule has 0 spiro atoms. The number of halogens is 1. The zero-order valence-corrected chi connectivity index (χ0v) is 17.9. The Kier molecular flexibility index (Phi) is 7.60. The van der Waals surface area contributed by atoms with Crippen molar-refractivity contribution >= 4 is 55.0 Å². The van der Waals surface area contributed by atoms with E-state index < -0.39 is 10.0 Å². The lowest BCUT2D eigenvalue weighted by Crippen LogP contribution is -2.52. The third-order valence-corrected chi connectivity index (χ3v) is 9.12. The van der Waals surface area contributed by atoms with Gasteiger partial charge >= 0.3 is 0 Å². The van der Waals surface area contributed by atoms with E-state index >= 15 is 0 Å².